The van der Waals surface area contributed by atoms with Crippen LogP contribution in [-0.4, -0.2) is 16.9 Å². The second-order valence-corrected chi connectivity index (χ2v) is 5.38. The third-order valence-electron chi connectivity index (χ3n) is 2.89. The van der Waals surface area contributed by atoms with Crippen molar-refractivity contribution >= 4 is 34.8 Å². The van der Waals surface area contributed by atoms with Crippen LogP contribution in [0.15, 0.2) is 23.6 Å². The average Bonchev–Trinajstić information content (AvgIpc) is 2.87. The van der Waals surface area contributed by atoms with E-state index in [1.807, 2.05) is 6.92 Å². The molecule has 0 aliphatic carbocycles. The lowest BCUT2D eigenvalue weighted by molar-refractivity contribution is -0.117. The van der Waals surface area contributed by atoms with Crippen LogP contribution < -0.4 is 11.1 Å². The summed E-state index contributed by atoms with van der Waals surface area (Å²) in [6, 6.07) is 2.99. The maximum absolute atomic E-state index is 13.7. The van der Waals surface area contributed by atoms with Crippen molar-refractivity contribution in [3.05, 3.63) is 35.2 Å². The number of carbonyl (C=O) groups is 1. The Labute approximate surface area is 137 Å². The summed E-state index contributed by atoms with van der Waals surface area (Å²) >= 11 is 1.09. The predicted molar refractivity (Wildman–Crippen MR) is 86.2 cm³/mol. The molecule has 1 aromatic heterocycles. The van der Waals surface area contributed by atoms with Crippen LogP contribution in [0.2, 0.25) is 0 Å². The van der Waals surface area contributed by atoms with E-state index in [4.69, 9.17) is 5.73 Å². The fourth-order valence-electron chi connectivity index (χ4n) is 1.83. The van der Waals surface area contributed by atoms with Gasteiger partial charge in [0.2, 0.25) is 5.91 Å². The number of benzene rings is 1. The van der Waals surface area contributed by atoms with Crippen molar-refractivity contribution in [3.63, 3.8) is 0 Å². The molecule has 22 heavy (non-hydrogen) atoms. The fraction of sp³-hybridized carbons (Fsp3) is 0.286. The topological polar surface area (TPSA) is 68.0 Å². The summed E-state index contributed by atoms with van der Waals surface area (Å²) in [4.78, 5) is 15.8. The molecule has 8 heteroatoms. The van der Waals surface area contributed by atoms with Gasteiger partial charge < -0.3 is 11.1 Å². The standard InChI is InChI=1S/C14H15F2N3OS.ClH/c1-2-4-10(17)13(20)19-14-18-11(7-21-14)12-8(15)5-3-6-9(12)16;/h3,5-7,10H,2,4,17H2,1H3,(H,18,19,20);1H. The number of carbonyl (C=O) groups excluding carboxylic acids is 1. The minimum atomic E-state index is -0.694. The van der Waals surface area contributed by atoms with Crippen molar-refractivity contribution in [2.75, 3.05) is 5.32 Å². The van der Waals surface area contributed by atoms with E-state index in [9.17, 15) is 13.6 Å². The maximum atomic E-state index is 13.7. The molecule has 0 saturated heterocycles. The van der Waals surface area contributed by atoms with Gasteiger partial charge in [-0.3, -0.25) is 4.79 Å². The average molecular weight is 348 g/mol. The van der Waals surface area contributed by atoms with Gasteiger partial charge in [0.1, 0.15) is 11.6 Å². The summed E-state index contributed by atoms with van der Waals surface area (Å²) in [5.41, 5.74) is 5.63. The molecule has 0 fully saturated rings. The van der Waals surface area contributed by atoms with Gasteiger partial charge in [0.05, 0.1) is 17.3 Å². The van der Waals surface area contributed by atoms with E-state index in [0.29, 0.717) is 6.42 Å². The van der Waals surface area contributed by atoms with Gasteiger partial charge in [0.25, 0.3) is 0 Å². The van der Waals surface area contributed by atoms with Crippen LogP contribution in [-0.2, 0) is 4.79 Å². The lowest BCUT2D eigenvalue weighted by Crippen LogP contribution is -2.35. The van der Waals surface area contributed by atoms with Crippen molar-refractivity contribution in [1.82, 2.24) is 4.98 Å². The highest BCUT2D eigenvalue weighted by atomic mass is 35.5. The smallest absolute Gasteiger partial charge is 0.243 e. The number of anilines is 1. The van der Waals surface area contributed by atoms with E-state index in [2.05, 4.69) is 10.3 Å². The van der Waals surface area contributed by atoms with Gasteiger partial charge in [-0.2, -0.15) is 0 Å². The monoisotopic (exact) mass is 347 g/mol. The third-order valence-corrected chi connectivity index (χ3v) is 3.65. The van der Waals surface area contributed by atoms with E-state index in [1.54, 1.807) is 0 Å². The number of amides is 1. The van der Waals surface area contributed by atoms with Gasteiger partial charge >= 0.3 is 0 Å². The second-order valence-electron chi connectivity index (χ2n) is 4.52. The SMILES string of the molecule is CCCC(N)C(=O)Nc1nc(-c2c(F)cccc2F)cs1.Cl. The van der Waals surface area contributed by atoms with Crippen LogP contribution >= 0.6 is 23.7 Å². The molecular weight excluding hydrogens is 332 g/mol. The molecule has 0 spiro atoms. The number of nitrogens with zero attached hydrogens (tertiary/aromatic N) is 1. The summed E-state index contributed by atoms with van der Waals surface area (Å²) in [5, 5.41) is 4.31. The van der Waals surface area contributed by atoms with E-state index >= 15 is 0 Å². The maximum Gasteiger partial charge on any atom is 0.243 e. The van der Waals surface area contributed by atoms with Gasteiger partial charge in [-0.15, -0.1) is 23.7 Å². The van der Waals surface area contributed by atoms with Crippen molar-refractivity contribution in [3.8, 4) is 11.3 Å². The van der Waals surface area contributed by atoms with Gasteiger partial charge in [0, 0.05) is 5.38 Å². The number of rotatable bonds is 5. The molecule has 1 aromatic carbocycles. The molecule has 1 unspecified atom stereocenters. The van der Waals surface area contributed by atoms with Gasteiger partial charge in [-0.25, -0.2) is 13.8 Å². The molecule has 0 radical (unpaired) electrons. The summed E-state index contributed by atoms with van der Waals surface area (Å²) in [6.07, 6.45) is 1.35. The number of nitrogens with one attached hydrogen (secondary N) is 1. The zero-order chi connectivity index (χ0) is 15.4. The number of nitrogens with two attached hydrogens (primary N) is 1. The molecule has 2 aromatic rings. The molecule has 1 heterocycles. The number of hydrogen-bond acceptors (Lipinski definition) is 4. The zero-order valence-corrected chi connectivity index (χ0v) is 13.4. The minimum absolute atomic E-state index is 0. The second kappa shape index (κ2) is 8.17. The highest BCUT2D eigenvalue weighted by Crippen LogP contribution is 2.29. The summed E-state index contributed by atoms with van der Waals surface area (Å²) < 4.78 is 27.3. The lowest BCUT2D eigenvalue weighted by atomic mass is 10.1. The summed E-state index contributed by atoms with van der Waals surface area (Å²) in [6.45, 7) is 1.93. The Bertz CT molecular complexity index is 631. The van der Waals surface area contributed by atoms with Gasteiger partial charge in [0.15, 0.2) is 5.13 Å². The molecule has 2 rings (SSSR count). The Morgan fingerprint density at radius 3 is 2.64 bits per heavy atom. The van der Waals surface area contributed by atoms with Crippen LogP contribution in [0, 0.1) is 11.6 Å². The molecular formula is C14H16ClF2N3OS. The predicted octanol–water partition coefficient (Wildman–Crippen LogP) is 3.58. The summed E-state index contributed by atoms with van der Waals surface area (Å²) in [5.74, 6) is -1.74. The van der Waals surface area contributed by atoms with Gasteiger partial charge in [-0.1, -0.05) is 19.4 Å². The number of hydrogen-bond donors (Lipinski definition) is 2. The largest absolute Gasteiger partial charge is 0.320 e. The molecule has 0 aliphatic rings. The van der Waals surface area contributed by atoms with Crippen LogP contribution in [0.5, 0.6) is 0 Å². The van der Waals surface area contributed by atoms with Crippen molar-refractivity contribution in [1.29, 1.82) is 0 Å². The lowest BCUT2D eigenvalue weighted by Gasteiger charge is -2.08. The van der Waals surface area contributed by atoms with Crippen molar-refractivity contribution < 1.29 is 13.6 Å². The van der Waals surface area contributed by atoms with E-state index < -0.39 is 17.7 Å². The highest BCUT2D eigenvalue weighted by molar-refractivity contribution is 7.14. The summed E-state index contributed by atoms with van der Waals surface area (Å²) in [7, 11) is 0. The Morgan fingerprint density at radius 1 is 1.41 bits per heavy atom. The quantitative estimate of drug-likeness (QED) is 0.868. The first-order valence-corrected chi connectivity index (χ1v) is 7.37. The number of aromatic nitrogens is 1. The highest BCUT2D eigenvalue weighted by Gasteiger charge is 2.17. The first kappa shape index (κ1) is 18.5. The van der Waals surface area contributed by atoms with E-state index in [1.165, 1.54) is 11.4 Å². The molecule has 0 aliphatic heterocycles. The molecule has 1 amide bonds. The zero-order valence-electron chi connectivity index (χ0n) is 11.8. The first-order valence-electron chi connectivity index (χ1n) is 6.49. The number of halogens is 3. The van der Waals surface area contributed by atoms with E-state index in [0.717, 1.165) is 29.9 Å². The van der Waals surface area contributed by atoms with E-state index in [-0.39, 0.29) is 34.7 Å². The van der Waals surface area contributed by atoms with Crippen LogP contribution in [0.1, 0.15) is 19.8 Å². The third kappa shape index (κ3) is 4.22. The Hall–Kier alpha value is -1.57. The molecule has 3 N–H and O–H groups in total. The van der Waals surface area contributed by atoms with Crippen molar-refractivity contribution in [2.24, 2.45) is 5.73 Å². The Kier molecular flexibility index (Phi) is 6.86. The fourth-order valence-corrected chi connectivity index (χ4v) is 2.53. The van der Waals surface area contributed by atoms with Gasteiger partial charge in [-0.05, 0) is 18.6 Å². The molecule has 0 saturated carbocycles. The minimum Gasteiger partial charge on any atom is -0.320 e. The molecule has 0 bridgehead atoms. The normalized spacial score (nSPS) is 11.6. The molecule has 4 nitrogen and oxygen atoms in total. The van der Waals surface area contributed by atoms with Crippen LogP contribution in [0.4, 0.5) is 13.9 Å². The first-order chi connectivity index (χ1) is 10.0. The Morgan fingerprint density at radius 2 is 2.05 bits per heavy atom. The van der Waals surface area contributed by atoms with Crippen LogP contribution in [0.25, 0.3) is 11.3 Å². The van der Waals surface area contributed by atoms with Crippen LogP contribution in [0.3, 0.4) is 0 Å². The number of thiazole rings is 1. The van der Waals surface area contributed by atoms with Crippen molar-refractivity contribution in [2.45, 2.75) is 25.8 Å². The Balaban J connectivity index is 0.00000242. The molecule has 120 valence electrons. The molecule has 1 atom stereocenters.